The molecule has 0 fully saturated rings. The highest BCUT2D eigenvalue weighted by Gasteiger charge is 2.24. The molecule has 0 heterocycles. The molecule has 0 saturated carbocycles. The molecule has 1 unspecified atom stereocenters. The van der Waals surface area contributed by atoms with E-state index >= 15 is 0 Å². The van der Waals surface area contributed by atoms with Crippen LogP contribution in [0.4, 0.5) is 0 Å². The fourth-order valence-corrected chi connectivity index (χ4v) is 3.63. The van der Waals surface area contributed by atoms with Crippen molar-refractivity contribution in [3.05, 3.63) is 30.3 Å². The third kappa shape index (κ3) is 8.34. The number of hydrogen-bond donors (Lipinski definition) is 3. The second-order valence-corrected chi connectivity index (χ2v) is 7.61. The molecule has 0 radical (unpaired) electrons. The second-order valence-electron chi connectivity index (χ2n) is 4.91. The summed E-state index contributed by atoms with van der Waals surface area (Å²) in [6.07, 6.45) is 2.37. The predicted octanol–water partition coefficient (Wildman–Crippen LogP) is 1.23. The largest absolute Gasteiger partial charge is 0.353 e. The van der Waals surface area contributed by atoms with Crippen LogP contribution in [-0.2, 0) is 14.8 Å². The van der Waals surface area contributed by atoms with E-state index in [1.165, 1.54) is 12.1 Å². The van der Waals surface area contributed by atoms with Crippen LogP contribution in [0, 0.1) is 0 Å². The van der Waals surface area contributed by atoms with Gasteiger partial charge in [-0.05, 0) is 37.1 Å². The van der Waals surface area contributed by atoms with E-state index in [9.17, 15) is 13.2 Å². The average molecular weight is 396 g/mol. The van der Waals surface area contributed by atoms with Crippen molar-refractivity contribution in [2.24, 2.45) is 0 Å². The van der Waals surface area contributed by atoms with Gasteiger partial charge in [-0.2, -0.15) is 16.5 Å². The first kappa shape index (κ1) is 23.2. The standard InChI is InChI=1S/C15H25N3O3S2.ClH/c1-3-16-10-11-17-15(19)14(9-12-22-2)18-23(20,21)13-7-5-4-6-8-13;/h4-8,14,16,18H,3,9-12H2,1-2H3,(H,17,19);1H. The number of benzene rings is 1. The summed E-state index contributed by atoms with van der Waals surface area (Å²) in [5.41, 5.74) is 0. The molecule has 3 N–H and O–H groups in total. The molecule has 9 heteroatoms. The molecule has 1 amide bonds. The SMILES string of the molecule is CCNCCNC(=O)C(CCSC)NS(=O)(=O)c1ccccc1.Cl. The zero-order valence-electron chi connectivity index (χ0n) is 13.9. The number of hydrogen-bond acceptors (Lipinski definition) is 5. The molecule has 138 valence electrons. The number of halogens is 1. The maximum atomic E-state index is 12.4. The molecule has 0 bridgehead atoms. The first-order valence-electron chi connectivity index (χ1n) is 7.56. The quantitative estimate of drug-likeness (QED) is 0.490. The summed E-state index contributed by atoms with van der Waals surface area (Å²) < 4.78 is 27.3. The Bertz CT molecular complexity index is 571. The van der Waals surface area contributed by atoms with E-state index in [1.807, 2.05) is 13.2 Å². The van der Waals surface area contributed by atoms with Crippen molar-refractivity contribution in [1.82, 2.24) is 15.4 Å². The summed E-state index contributed by atoms with van der Waals surface area (Å²) in [6.45, 7) is 3.93. The van der Waals surface area contributed by atoms with Crippen LogP contribution in [0.25, 0.3) is 0 Å². The topological polar surface area (TPSA) is 87.3 Å². The molecule has 0 aliphatic heterocycles. The summed E-state index contributed by atoms with van der Waals surface area (Å²) in [5.74, 6) is 0.402. The Kier molecular flexibility index (Phi) is 12.1. The van der Waals surface area contributed by atoms with Gasteiger partial charge in [0.15, 0.2) is 0 Å². The van der Waals surface area contributed by atoms with Gasteiger partial charge in [0.2, 0.25) is 15.9 Å². The third-order valence-corrected chi connectivity index (χ3v) is 5.26. The van der Waals surface area contributed by atoms with Gasteiger partial charge in [-0.25, -0.2) is 8.42 Å². The van der Waals surface area contributed by atoms with Crippen molar-refractivity contribution in [2.45, 2.75) is 24.3 Å². The monoisotopic (exact) mass is 395 g/mol. The Labute approximate surface area is 155 Å². The van der Waals surface area contributed by atoms with Gasteiger partial charge < -0.3 is 10.6 Å². The van der Waals surface area contributed by atoms with Crippen molar-refractivity contribution in [3.8, 4) is 0 Å². The van der Waals surface area contributed by atoms with E-state index in [-0.39, 0.29) is 23.2 Å². The van der Waals surface area contributed by atoms with Crippen LogP contribution in [0.2, 0.25) is 0 Å². The second kappa shape index (κ2) is 12.5. The van der Waals surface area contributed by atoms with E-state index in [1.54, 1.807) is 30.0 Å². The normalized spacial score (nSPS) is 12.2. The van der Waals surface area contributed by atoms with Crippen LogP contribution in [0.15, 0.2) is 35.2 Å². The molecular formula is C15H26ClN3O3S2. The van der Waals surface area contributed by atoms with Crippen LogP contribution in [0.5, 0.6) is 0 Å². The molecule has 0 spiro atoms. The summed E-state index contributed by atoms with van der Waals surface area (Å²) in [5, 5.41) is 5.87. The number of thioether (sulfide) groups is 1. The van der Waals surface area contributed by atoms with Crippen LogP contribution in [0.1, 0.15) is 13.3 Å². The first-order chi connectivity index (χ1) is 11.0. The van der Waals surface area contributed by atoms with Crippen LogP contribution < -0.4 is 15.4 Å². The maximum absolute atomic E-state index is 12.4. The van der Waals surface area contributed by atoms with Gasteiger partial charge in [0, 0.05) is 13.1 Å². The van der Waals surface area contributed by atoms with E-state index in [2.05, 4.69) is 15.4 Å². The molecule has 0 aliphatic carbocycles. The molecule has 1 aromatic carbocycles. The van der Waals surface area contributed by atoms with Gasteiger partial charge in [-0.3, -0.25) is 4.79 Å². The van der Waals surface area contributed by atoms with Crippen molar-refractivity contribution in [2.75, 3.05) is 31.6 Å². The molecule has 0 aliphatic rings. The molecule has 1 atom stereocenters. The highest BCUT2D eigenvalue weighted by Crippen LogP contribution is 2.10. The summed E-state index contributed by atoms with van der Waals surface area (Å²) in [7, 11) is -3.71. The summed E-state index contributed by atoms with van der Waals surface area (Å²) in [4.78, 5) is 12.4. The van der Waals surface area contributed by atoms with Crippen molar-refractivity contribution in [3.63, 3.8) is 0 Å². The number of carbonyl (C=O) groups is 1. The highest BCUT2D eigenvalue weighted by molar-refractivity contribution is 7.98. The summed E-state index contributed by atoms with van der Waals surface area (Å²) >= 11 is 1.57. The zero-order valence-corrected chi connectivity index (χ0v) is 16.4. The van der Waals surface area contributed by atoms with Crippen molar-refractivity contribution >= 4 is 40.1 Å². The fourth-order valence-electron chi connectivity index (χ4n) is 1.91. The number of nitrogens with one attached hydrogen (secondary N) is 3. The van der Waals surface area contributed by atoms with Gasteiger partial charge in [-0.15, -0.1) is 12.4 Å². The van der Waals surface area contributed by atoms with E-state index < -0.39 is 16.1 Å². The average Bonchev–Trinajstić information content (AvgIpc) is 2.56. The Morgan fingerprint density at radius 2 is 1.88 bits per heavy atom. The van der Waals surface area contributed by atoms with Gasteiger partial charge in [-0.1, -0.05) is 25.1 Å². The number of carbonyl (C=O) groups excluding carboxylic acids is 1. The van der Waals surface area contributed by atoms with Crippen LogP contribution in [-0.4, -0.2) is 52.0 Å². The van der Waals surface area contributed by atoms with Gasteiger partial charge in [0.05, 0.1) is 4.90 Å². The smallest absolute Gasteiger partial charge is 0.241 e. The Balaban J connectivity index is 0.00000529. The Morgan fingerprint density at radius 3 is 2.46 bits per heavy atom. The number of amides is 1. The van der Waals surface area contributed by atoms with Crippen LogP contribution in [0.3, 0.4) is 0 Å². The van der Waals surface area contributed by atoms with E-state index in [4.69, 9.17) is 0 Å². The zero-order chi connectivity index (χ0) is 17.1. The molecule has 6 nitrogen and oxygen atoms in total. The Morgan fingerprint density at radius 1 is 1.21 bits per heavy atom. The maximum Gasteiger partial charge on any atom is 0.241 e. The van der Waals surface area contributed by atoms with Gasteiger partial charge in [0.25, 0.3) is 0 Å². The molecular weight excluding hydrogens is 370 g/mol. The third-order valence-electron chi connectivity index (χ3n) is 3.13. The predicted molar refractivity (Wildman–Crippen MR) is 102 cm³/mol. The fraction of sp³-hybridized carbons (Fsp3) is 0.533. The highest BCUT2D eigenvalue weighted by atomic mass is 35.5. The van der Waals surface area contributed by atoms with Crippen molar-refractivity contribution < 1.29 is 13.2 Å². The lowest BCUT2D eigenvalue weighted by atomic mass is 10.2. The lowest BCUT2D eigenvalue weighted by Gasteiger charge is -2.18. The first-order valence-corrected chi connectivity index (χ1v) is 10.4. The van der Waals surface area contributed by atoms with Gasteiger partial charge in [0.1, 0.15) is 6.04 Å². The molecule has 1 aromatic rings. The Hall–Kier alpha value is -0.800. The number of sulfonamides is 1. The molecule has 0 saturated heterocycles. The van der Waals surface area contributed by atoms with Gasteiger partial charge >= 0.3 is 0 Å². The van der Waals surface area contributed by atoms with Crippen LogP contribution >= 0.6 is 24.2 Å². The lowest BCUT2D eigenvalue weighted by Crippen LogP contribution is -2.48. The number of rotatable bonds is 11. The molecule has 0 aromatic heterocycles. The minimum Gasteiger partial charge on any atom is -0.353 e. The van der Waals surface area contributed by atoms with Crippen molar-refractivity contribution in [1.29, 1.82) is 0 Å². The van der Waals surface area contributed by atoms with E-state index in [0.717, 1.165) is 6.54 Å². The van der Waals surface area contributed by atoms with E-state index in [0.29, 0.717) is 25.3 Å². The minimum atomic E-state index is -3.71. The lowest BCUT2D eigenvalue weighted by molar-refractivity contribution is -0.122. The number of likely N-dealkylation sites (N-methyl/N-ethyl adjacent to an activating group) is 1. The summed E-state index contributed by atoms with van der Waals surface area (Å²) in [6, 6.07) is 7.31. The molecule has 24 heavy (non-hydrogen) atoms. The minimum absolute atomic E-state index is 0. The molecule has 1 rings (SSSR count).